The van der Waals surface area contributed by atoms with Crippen LogP contribution in [0.3, 0.4) is 0 Å². The third-order valence-electron chi connectivity index (χ3n) is 5.57. The van der Waals surface area contributed by atoms with Crippen LogP contribution in [0.4, 0.5) is 0 Å². The molecule has 4 atom stereocenters. The molecule has 2 aromatic rings. The van der Waals surface area contributed by atoms with Crippen molar-refractivity contribution < 1.29 is 78.9 Å². The minimum atomic E-state index is -0.518. The molecule has 0 fully saturated rings. The third kappa shape index (κ3) is 8.68. The quantitative estimate of drug-likeness (QED) is 0.272. The molecule has 0 bridgehead atoms. The van der Waals surface area contributed by atoms with Crippen molar-refractivity contribution in [3.8, 4) is 11.5 Å². The molecule has 0 saturated heterocycles. The summed E-state index contributed by atoms with van der Waals surface area (Å²) in [4.78, 5) is 9.65. The van der Waals surface area contributed by atoms with Crippen LogP contribution in [0.15, 0.2) is 58.5 Å². The largest absolute Gasteiger partial charge is 2.00 e. The number of benzene rings is 2. The van der Waals surface area contributed by atoms with Gasteiger partial charge in [0.05, 0.1) is 19.6 Å². The topological polar surface area (TPSA) is 80.1 Å². The van der Waals surface area contributed by atoms with Crippen LogP contribution in [0.25, 0.3) is 0 Å². The predicted octanol–water partition coefficient (Wildman–Crippen LogP) is -0.755. The van der Waals surface area contributed by atoms with Gasteiger partial charge in [-0.3, -0.25) is 0 Å². The standard InChI is InChI=1S/C27H34N2O6.2BrH.Ni/c1-5-30-20-13-9-11-18(15-20)24-26(32-7-3)34-22(28-24)17-23-29-25(27(35-23)33-8-4)19-12-10-14-21(16-19)31-6-2;;;/h9-16,24-27H,5-8,17H2,1-4H3;2*1H;/q;;;+2/p-2/t24-,25-,26?,27?;;;/m1.../s1. The molecule has 2 aliphatic heterocycles. The summed E-state index contributed by atoms with van der Waals surface area (Å²) < 4.78 is 35.2. The first-order valence-corrected chi connectivity index (χ1v) is 12.3. The molecule has 2 heterocycles. The van der Waals surface area contributed by atoms with E-state index in [2.05, 4.69) is 0 Å². The number of rotatable bonds is 12. The molecule has 0 aromatic heterocycles. The first kappa shape index (κ1) is 34.4. The van der Waals surface area contributed by atoms with E-state index in [-0.39, 0.29) is 62.5 Å². The molecule has 0 spiro atoms. The monoisotopic (exact) mass is 698 g/mol. The van der Waals surface area contributed by atoms with Crippen LogP contribution in [0.1, 0.15) is 57.3 Å². The van der Waals surface area contributed by atoms with Gasteiger partial charge in [0.15, 0.2) is 11.8 Å². The molecular formula is C27H34Br2N2NiO6. The van der Waals surface area contributed by atoms with Crippen molar-refractivity contribution in [1.82, 2.24) is 0 Å². The molecule has 38 heavy (non-hydrogen) atoms. The van der Waals surface area contributed by atoms with E-state index in [1.54, 1.807) is 0 Å². The first-order chi connectivity index (χ1) is 17.1. The molecule has 2 unspecified atom stereocenters. The van der Waals surface area contributed by atoms with Gasteiger partial charge in [0.25, 0.3) is 0 Å². The van der Waals surface area contributed by atoms with Crippen LogP contribution < -0.4 is 43.4 Å². The second-order valence-electron chi connectivity index (χ2n) is 8.01. The second kappa shape index (κ2) is 17.1. The smallest absolute Gasteiger partial charge is 1.00 e. The average molecular weight is 701 g/mol. The van der Waals surface area contributed by atoms with Gasteiger partial charge in [0.2, 0.25) is 12.6 Å². The van der Waals surface area contributed by atoms with Gasteiger partial charge >= 0.3 is 16.5 Å². The van der Waals surface area contributed by atoms with Gasteiger partial charge in [-0.2, -0.15) is 0 Å². The third-order valence-corrected chi connectivity index (χ3v) is 5.57. The zero-order chi connectivity index (χ0) is 24.6. The van der Waals surface area contributed by atoms with E-state index in [9.17, 15) is 0 Å². The maximum atomic E-state index is 6.08. The van der Waals surface area contributed by atoms with Crippen LogP contribution in [-0.4, -0.2) is 50.8 Å². The number of ether oxygens (including phenoxy) is 6. The maximum absolute atomic E-state index is 6.08. The summed E-state index contributed by atoms with van der Waals surface area (Å²) in [5.41, 5.74) is 1.94. The van der Waals surface area contributed by atoms with Crippen molar-refractivity contribution >= 4 is 11.8 Å². The van der Waals surface area contributed by atoms with E-state index in [1.807, 2.05) is 76.2 Å². The molecular weight excluding hydrogens is 667 g/mol. The van der Waals surface area contributed by atoms with Gasteiger partial charge < -0.3 is 62.4 Å². The normalized spacial score (nSPS) is 21.5. The summed E-state index contributed by atoms with van der Waals surface area (Å²) in [5, 5.41) is 0. The molecule has 212 valence electrons. The van der Waals surface area contributed by atoms with Crippen molar-refractivity contribution in [3.63, 3.8) is 0 Å². The zero-order valence-electron chi connectivity index (χ0n) is 21.9. The molecule has 0 saturated carbocycles. The fourth-order valence-corrected chi connectivity index (χ4v) is 4.15. The number of halogens is 2. The number of aliphatic imine (C=N–C) groups is 2. The van der Waals surface area contributed by atoms with E-state index >= 15 is 0 Å². The summed E-state index contributed by atoms with van der Waals surface area (Å²) >= 11 is 0. The Morgan fingerprint density at radius 3 is 1.45 bits per heavy atom. The minimum Gasteiger partial charge on any atom is -1.00 e. The van der Waals surface area contributed by atoms with Crippen LogP contribution in [0.5, 0.6) is 11.5 Å². The Balaban J connectivity index is 0.00000241. The maximum Gasteiger partial charge on any atom is 2.00 e. The molecule has 0 N–H and O–H groups in total. The average Bonchev–Trinajstić information content (AvgIpc) is 3.44. The van der Waals surface area contributed by atoms with Gasteiger partial charge in [-0.15, -0.1) is 0 Å². The van der Waals surface area contributed by atoms with Gasteiger partial charge in [-0.25, -0.2) is 9.98 Å². The van der Waals surface area contributed by atoms with Gasteiger partial charge in [0.1, 0.15) is 23.6 Å². The Morgan fingerprint density at radius 2 is 1.08 bits per heavy atom. The van der Waals surface area contributed by atoms with E-state index < -0.39 is 12.6 Å². The first-order valence-electron chi connectivity index (χ1n) is 12.3. The molecule has 11 heteroatoms. The van der Waals surface area contributed by atoms with E-state index in [0.29, 0.717) is 44.6 Å². The Morgan fingerprint density at radius 1 is 0.658 bits per heavy atom. The van der Waals surface area contributed by atoms with Gasteiger partial charge in [-0.1, -0.05) is 24.3 Å². The Kier molecular flexibility index (Phi) is 15.5. The number of hydrogen-bond donors (Lipinski definition) is 0. The van der Waals surface area contributed by atoms with Crippen molar-refractivity contribution in [1.29, 1.82) is 0 Å². The van der Waals surface area contributed by atoms with Crippen LogP contribution in [0, 0.1) is 0 Å². The Labute approximate surface area is 255 Å². The summed E-state index contributed by atoms with van der Waals surface area (Å²) in [5.74, 6) is 2.63. The van der Waals surface area contributed by atoms with Crippen LogP contribution in [-0.2, 0) is 35.4 Å². The molecule has 2 aromatic carbocycles. The molecule has 0 radical (unpaired) electrons. The zero-order valence-corrected chi connectivity index (χ0v) is 26.0. The van der Waals surface area contributed by atoms with E-state index in [4.69, 9.17) is 38.4 Å². The summed E-state index contributed by atoms with van der Waals surface area (Å²) in [6, 6.07) is 15.1. The molecule has 0 amide bonds. The summed E-state index contributed by atoms with van der Waals surface area (Å²) in [7, 11) is 0. The van der Waals surface area contributed by atoms with Crippen LogP contribution in [0.2, 0.25) is 0 Å². The van der Waals surface area contributed by atoms with Gasteiger partial charge in [0, 0.05) is 13.2 Å². The molecule has 4 rings (SSSR count). The predicted molar refractivity (Wildman–Crippen MR) is 133 cm³/mol. The molecule has 0 aliphatic carbocycles. The van der Waals surface area contributed by atoms with Crippen molar-refractivity contribution in [2.75, 3.05) is 26.4 Å². The minimum absolute atomic E-state index is 0. The molecule has 2 aliphatic rings. The van der Waals surface area contributed by atoms with Crippen molar-refractivity contribution in [2.24, 2.45) is 9.98 Å². The van der Waals surface area contributed by atoms with E-state index in [0.717, 1.165) is 22.6 Å². The Bertz CT molecular complexity index is 976. The molecule has 8 nitrogen and oxygen atoms in total. The second-order valence-corrected chi connectivity index (χ2v) is 8.01. The number of hydrogen-bond acceptors (Lipinski definition) is 8. The summed E-state index contributed by atoms with van der Waals surface area (Å²) in [6.45, 7) is 10.0. The fourth-order valence-electron chi connectivity index (χ4n) is 4.15. The Hall–Kier alpha value is -1.65. The summed E-state index contributed by atoms with van der Waals surface area (Å²) in [6.07, 6.45) is -0.721. The van der Waals surface area contributed by atoms with Crippen molar-refractivity contribution in [2.45, 2.75) is 58.8 Å². The SMILES string of the molecule is CCOc1cccc([C@H]2N=C(CC3=N[C@H](c4cccc(OCC)c4)C(OCC)O3)OC2OCC)c1.[Br-].[Br-].[Ni+2]. The van der Waals surface area contributed by atoms with Crippen LogP contribution >= 0.6 is 0 Å². The van der Waals surface area contributed by atoms with Gasteiger partial charge in [-0.05, 0) is 63.1 Å². The fraction of sp³-hybridized carbons (Fsp3) is 0.481. The van der Waals surface area contributed by atoms with Crippen molar-refractivity contribution in [3.05, 3.63) is 59.7 Å². The van der Waals surface area contributed by atoms with E-state index in [1.165, 1.54) is 0 Å². The number of nitrogens with zero attached hydrogens (tertiary/aromatic N) is 2.